The van der Waals surface area contributed by atoms with E-state index in [1.54, 1.807) is 0 Å². The normalized spacial score (nSPS) is 9.77. The first-order valence-electron chi connectivity index (χ1n) is 10.8. The van der Waals surface area contributed by atoms with Crippen LogP contribution in [0, 0.1) is 23.7 Å². The Labute approximate surface area is 162 Å². The predicted octanol–water partition coefficient (Wildman–Crippen LogP) is 6.82. The third-order valence-corrected chi connectivity index (χ3v) is 4.50. The van der Waals surface area contributed by atoms with Crippen LogP contribution in [-0.2, 0) is 9.53 Å². The van der Waals surface area contributed by atoms with Crippen LogP contribution in [0.2, 0.25) is 0 Å². The molecule has 0 amide bonds. The molecule has 26 heavy (non-hydrogen) atoms. The Kier molecular flexibility index (Phi) is 20.5. The van der Waals surface area contributed by atoms with Crippen molar-refractivity contribution in [2.75, 3.05) is 6.61 Å². The largest absolute Gasteiger partial charge is 0.466 e. The Morgan fingerprint density at radius 1 is 0.615 bits per heavy atom. The molecule has 0 aromatic carbocycles. The number of carbonyl (C=O) groups is 1. The summed E-state index contributed by atoms with van der Waals surface area (Å²) in [6, 6.07) is 0. The van der Waals surface area contributed by atoms with Gasteiger partial charge in [0.2, 0.25) is 0 Å². The molecular formula is C24H40O2. The van der Waals surface area contributed by atoms with Crippen LogP contribution in [0.25, 0.3) is 0 Å². The molecule has 0 aliphatic rings. The molecule has 2 heteroatoms. The number of unbranched alkanes of at least 4 members (excludes halogenated alkanes) is 13. The average molecular weight is 361 g/mol. The van der Waals surface area contributed by atoms with Gasteiger partial charge in [0.15, 0.2) is 0 Å². The Morgan fingerprint density at radius 2 is 1.04 bits per heavy atom. The van der Waals surface area contributed by atoms with Gasteiger partial charge in [-0.25, -0.2) is 0 Å². The lowest BCUT2D eigenvalue weighted by atomic mass is 10.1. The fraction of sp³-hybridized carbons (Fsp3) is 0.792. The van der Waals surface area contributed by atoms with Crippen LogP contribution in [0.3, 0.4) is 0 Å². The van der Waals surface area contributed by atoms with E-state index in [1.165, 1.54) is 64.2 Å². The Bertz CT molecular complexity index is 431. The second-order valence-electron chi connectivity index (χ2n) is 6.92. The van der Waals surface area contributed by atoms with Crippen molar-refractivity contribution in [2.24, 2.45) is 0 Å². The van der Waals surface area contributed by atoms with E-state index in [9.17, 15) is 4.79 Å². The zero-order valence-electron chi connectivity index (χ0n) is 17.3. The van der Waals surface area contributed by atoms with Gasteiger partial charge < -0.3 is 4.74 Å². The van der Waals surface area contributed by atoms with Gasteiger partial charge in [0.05, 0.1) is 6.61 Å². The van der Waals surface area contributed by atoms with Crippen LogP contribution in [0.4, 0.5) is 0 Å². The monoisotopic (exact) mass is 360 g/mol. The zero-order chi connectivity index (χ0) is 19.1. The summed E-state index contributed by atoms with van der Waals surface area (Å²) in [5, 5.41) is 0. The second kappa shape index (κ2) is 21.6. The highest BCUT2D eigenvalue weighted by Gasteiger charge is 2.02. The lowest BCUT2D eigenvalue weighted by molar-refractivity contribution is -0.143. The minimum absolute atomic E-state index is 0.0137. The summed E-state index contributed by atoms with van der Waals surface area (Å²) >= 11 is 0. The first kappa shape index (κ1) is 24.6. The SMILES string of the molecule is CC#CCCCCCCCCCOC(=O)CCCCCCCCC#CC. The van der Waals surface area contributed by atoms with E-state index in [0.717, 1.165) is 32.1 Å². The minimum atomic E-state index is -0.0137. The van der Waals surface area contributed by atoms with Crippen LogP contribution in [0.1, 0.15) is 117 Å². The first-order chi connectivity index (χ1) is 12.8. The van der Waals surface area contributed by atoms with Crippen LogP contribution in [0.15, 0.2) is 0 Å². The van der Waals surface area contributed by atoms with Gasteiger partial charge in [-0.3, -0.25) is 4.79 Å². The van der Waals surface area contributed by atoms with Crippen molar-refractivity contribution < 1.29 is 9.53 Å². The van der Waals surface area contributed by atoms with Crippen molar-refractivity contribution in [3.63, 3.8) is 0 Å². The van der Waals surface area contributed by atoms with Gasteiger partial charge in [0.25, 0.3) is 0 Å². The molecule has 0 unspecified atom stereocenters. The third kappa shape index (κ3) is 20.6. The summed E-state index contributed by atoms with van der Waals surface area (Å²) in [6.45, 7) is 4.40. The van der Waals surface area contributed by atoms with Gasteiger partial charge in [0, 0.05) is 19.3 Å². The van der Waals surface area contributed by atoms with Crippen molar-refractivity contribution in [3.8, 4) is 23.7 Å². The van der Waals surface area contributed by atoms with E-state index >= 15 is 0 Å². The molecule has 0 spiro atoms. The molecule has 0 aromatic heterocycles. The highest BCUT2D eigenvalue weighted by Crippen LogP contribution is 2.10. The third-order valence-electron chi connectivity index (χ3n) is 4.50. The molecular weight excluding hydrogens is 320 g/mol. The van der Waals surface area contributed by atoms with Gasteiger partial charge in [-0.05, 0) is 39.5 Å². The second-order valence-corrected chi connectivity index (χ2v) is 6.92. The molecule has 0 rings (SSSR count). The highest BCUT2D eigenvalue weighted by atomic mass is 16.5. The molecule has 0 aromatic rings. The highest BCUT2D eigenvalue weighted by molar-refractivity contribution is 5.69. The lowest BCUT2D eigenvalue weighted by Gasteiger charge is -2.05. The van der Waals surface area contributed by atoms with Crippen molar-refractivity contribution in [3.05, 3.63) is 0 Å². The zero-order valence-corrected chi connectivity index (χ0v) is 17.3. The Morgan fingerprint density at radius 3 is 1.54 bits per heavy atom. The Hall–Kier alpha value is -1.41. The number of rotatable bonds is 17. The average Bonchev–Trinajstić information content (AvgIpc) is 2.64. The van der Waals surface area contributed by atoms with E-state index in [-0.39, 0.29) is 5.97 Å². The van der Waals surface area contributed by atoms with Crippen LogP contribution in [-0.4, -0.2) is 12.6 Å². The molecule has 0 radical (unpaired) electrons. The fourth-order valence-electron chi connectivity index (χ4n) is 2.90. The molecule has 148 valence electrons. The first-order valence-corrected chi connectivity index (χ1v) is 10.8. The summed E-state index contributed by atoms with van der Waals surface area (Å²) in [7, 11) is 0. The van der Waals surface area contributed by atoms with Gasteiger partial charge in [-0.2, -0.15) is 0 Å². The number of hydrogen-bond donors (Lipinski definition) is 0. The molecule has 0 atom stereocenters. The predicted molar refractivity (Wildman–Crippen MR) is 112 cm³/mol. The number of ether oxygens (including phenoxy) is 1. The van der Waals surface area contributed by atoms with Crippen LogP contribution < -0.4 is 0 Å². The number of esters is 1. The smallest absolute Gasteiger partial charge is 0.305 e. The van der Waals surface area contributed by atoms with E-state index < -0.39 is 0 Å². The summed E-state index contributed by atoms with van der Waals surface area (Å²) in [4.78, 5) is 11.7. The maximum Gasteiger partial charge on any atom is 0.305 e. The van der Waals surface area contributed by atoms with Crippen LogP contribution >= 0.6 is 0 Å². The molecule has 0 aliphatic carbocycles. The molecule has 0 bridgehead atoms. The number of carbonyl (C=O) groups excluding carboxylic acids is 1. The van der Waals surface area contributed by atoms with Crippen molar-refractivity contribution in [2.45, 2.75) is 117 Å². The molecule has 2 nitrogen and oxygen atoms in total. The lowest BCUT2D eigenvalue weighted by Crippen LogP contribution is -2.05. The topological polar surface area (TPSA) is 26.3 Å². The summed E-state index contributed by atoms with van der Waals surface area (Å²) in [6.07, 6.45) is 18.2. The molecule has 0 fully saturated rings. The summed E-state index contributed by atoms with van der Waals surface area (Å²) in [5.74, 6) is 12.1. The molecule has 0 heterocycles. The van der Waals surface area contributed by atoms with E-state index in [0.29, 0.717) is 13.0 Å². The fourth-order valence-corrected chi connectivity index (χ4v) is 2.90. The summed E-state index contributed by atoms with van der Waals surface area (Å²) in [5.41, 5.74) is 0. The molecule has 0 N–H and O–H groups in total. The maximum absolute atomic E-state index is 11.7. The van der Waals surface area contributed by atoms with E-state index in [2.05, 4.69) is 23.7 Å². The van der Waals surface area contributed by atoms with Crippen molar-refractivity contribution in [1.29, 1.82) is 0 Å². The van der Waals surface area contributed by atoms with E-state index in [4.69, 9.17) is 4.74 Å². The standard InChI is InChI=1S/C24H40O2/c1-3-5-7-9-11-13-15-17-19-21-23-26-24(25)22-20-18-16-14-12-10-8-6-4-2/h7-23H2,1-2H3. The molecule has 0 saturated heterocycles. The molecule has 0 aliphatic heterocycles. The van der Waals surface area contributed by atoms with Crippen molar-refractivity contribution >= 4 is 5.97 Å². The maximum atomic E-state index is 11.7. The minimum Gasteiger partial charge on any atom is -0.466 e. The quantitative estimate of drug-likeness (QED) is 0.162. The van der Waals surface area contributed by atoms with Crippen molar-refractivity contribution in [1.82, 2.24) is 0 Å². The van der Waals surface area contributed by atoms with Gasteiger partial charge in [0.1, 0.15) is 0 Å². The molecule has 0 saturated carbocycles. The Balaban J connectivity index is 3.19. The van der Waals surface area contributed by atoms with Gasteiger partial charge >= 0.3 is 5.97 Å². The van der Waals surface area contributed by atoms with Crippen LogP contribution in [0.5, 0.6) is 0 Å². The van der Waals surface area contributed by atoms with E-state index in [1.807, 2.05) is 13.8 Å². The van der Waals surface area contributed by atoms with Gasteiger partial charge in [-0.1, -0.05) is 57.8 Å². The van der Waals surface area contributed by atoms with Gasteiger partial charge in [-0.15, -0.1) is 23.7 Å². The summed E-state index contributed by atoms with van der Waals surface area (Å²) < 4.78 is 5.32. The number of hydrogen-bond acceptors (Lipinski definition) is 2.